The van der Waals surface area contributed by atoms with Crippen molar-refractivity contribution in [1.29, 1.82) is 0 Å². The highest BCUT2D eigenvalue weighted by atomic mass is 127. The second-order valence-corrected chi connectivity index (χ2v) is 6.51. The maximum Gasteiger partial charge on any atom is 0.248 e. The van der Waals surface area contributed by atoms with Gasteiger partial charge in [0, 0.05) is 23.5 Å². The van der Waals surface area contributed by atoms with Crippen molar-refractivity contribution in [3.05, 3.63) is 46.6 Å². The van der Waals surface area contributed by atoms with E-state index in [0.29, 0.717) is 18.3 Å². The van der Waals surface area contributed by atoms with E-state index in [1.54, 1.807) is 6.92 Å². The zero-order valence-corrected chi connectivity index (χ0v) is 17.5. The second-order valence-electron chi connectivity index (χ2n) is 6.07. The molecule has 3 rings (SSSR count). The van der Waals surface area contributed by atoms with E-state index >= 15 is 0 Å². The number of halogens is 2. The Morgan fingerprint density at radius 3 is 2.76 bits per heavy atom. The summed E-state index contributed by atoms with van der Waals surface area (Å²) in [6.07, 6.45) is 2.31. The third kappa shape index (κ3) is 5.31. The molecule has 1 fully saturated rings. The number of aromatic nitrogens is 2. The average Bonchev–Trinajstić information content (AvgIpc) is 3.25. The third-order valence-electron chi connectivity index (χ3n) is 4.17. The first-order chi connectivity index (χ1) is 11.6. The summed E-state index contributed by atoms with van der Waals surface area (Å²) in [6.45, 7) is 5.81. The van der Waals surface area contributed by atoms with E-state index < -0.39 is 0 Å². The molecule has 1 aromatic carbocycles. The number of benzene rings is 1. The second kappa shape index (κ2) is 8.84. The van der Waals surface area contributed by atoms with Gasteiger partial charge in [0.15, 0.2) is 11.8 Å². The molecule has 0 unspecified atom stereocenters. The van der Waals surface area contributed by atoms with Crippen LogP contribution in [0.4, 0.5) is 0 Å². The number of guanidine groups is 1. The summed E-state index contributed by atoms with van der Waals surface area (Å²) in [5, 5.41) is 11.2. The fraction of sp³-hybridized carbons (Fsp3) is 0.471. The molecule has 6 nitrogen and oxygen atoms in total. The van der Waals surface area contributed by atoms with Gasteiger partial charge < -0.3 is 15.2 Å². The smallest absolute Gasteiger partial charge is 0.248 e. The van der Waals surface area contributed by atoms with Gasteiger partial charge in [0.1, 0.15) is 6.54 Å². The summed E-state index contributed by atoms with van der Waals surface area (Å²) in [6, 6.07) is 8.12. The molecule has 8 heteroatoms. The summed E-state index contributed by atoms with van der Waals surface area (Å²) in [5.41, 5.74) is 1.44. The Morgan fingerprint density at radius 1 is 1.36 bits per heavy atom. The minimum absolute atomic E-state index is 0. The Kier molecular flexibility index (Phi) is 7.06. The quantitative estimate of drug-likeness (QED) is 0.380. The molecule has 2 N–H and O–H groups in total. The van der Waals surface area contributed by atoms with Crippen LogP contribution in [0, 0.1) is 6.92 Å². The van der Waals surface area contributed by atoms with Crippen molar-refractivity contribution in [2.75, 3.05) is 13.1 Å². The van der Waals surface area contributed by atoms with Crippen LogP contribution in [0.25, 0.3) is 0 Å². The van der Waals surface area contributed by atoms with E-state index in [0.717, 1.165) is 36.9 Å². The van der Waals surface area contributed by atoms with E-state index in [-0.39, 0.29) is 29.4 Å². The lowest BCUT2D eigenvalue weighted by atomic mass is 9.96. The van der Waals surface area contributed by atoms with Crippen molar-refractivity contribution >= 4 is 41.5 Å². The van der Waals surface area contributed by atoms with E-state index in [1.165, 1.54) is 5.56 Å². The van der Waals surface area contributed by atoms with Gasteiger partial charge >= 0.3 is 0 Å². The molecular formula is C17H23ClIN5O. The van der Waals surface area contributed by atoms with Crippen molar-refractivity contribution < 1.29 is 4.52 Å². The molecule has 0 aliphatic heterocycles. The summed E-state index contributed by atoms with van der Waals surface area (Å²) >= 11 is 6.13. The van der Waals surface area contributed by atoms with Crippen LogP contribution in [0.1, 0.15) is 37.0 Å². The Hall–Kier alpha value is -1.35. The third-order valence-corrected chi connectivity index (χ3v) is 4.41. The highest BCUT2D eigenvalue weighted by Gasteiger charge is 2.44. The number of nitrogens with one attached hydrogen (secondary N) is 2. The zero-order valence-electron chi connectivity index (χ0n) is 14.4. The van der Waals surface area contributed by atoms with Crippen LogP contribution in [0.5, 0.6) is 0 Å². The summed E-state index contributed by atoms with van der Waals surface area (Å²) in [5.74, 6) is 1.89. The lowest BCUT2D eigenvalue weighted by molar-refractivity contribution is 0.376. The van der Waals surface area contributed by atoms with Crippen molar-refractivity contribution in [2.45, 2.75) is 38.6 Å². The maximum absolute atomic E-state index is 6.13. The standard InChI is InChI=1S/C17H22ClN5O.HI/c1-3-19-16(20-10-15-22-12(2)23-24-15)21-11-17(7-8-17)13-5-4-6-14(18)9-13;/h4-6,9H,3,7-8,10-11H2,1-2H3,(H2,19,20,21);1H. The van der Waals surface area contributed by atoms with Gasteiger partial charge in [-0.05, 0) is 44.4 Å². The minimum atomic E-state index is 0. The van der Waals surface area contributed by atoms with Gasteiger partial charge in [-0.1, -0.05) is 28.9 Å². The van der Waals surface area contributed by atoms with Crippen molar-refractivity contribution in [3.63, 3.8) is 0 Å². The molecule has 25 heavy (non-hydrogen) atoms. The predicted molar refractivity (Wildman–Crippen MR) is 110 cm³/mol. The molecular weight excluding hydrogens is 453 g/mol. The fourth-order valence-electron chi connectivity index (χ4n) is 2.68. The zero-order chi connectivity index (χ0) is 17.0. The molecule has 1 aliphatic rings. The first kappa shape index (κ1) is 20.0. The van der Waals surface area contributed by atoms with Gasteiger partial charge in [-0.15, -0.1) is 24.0 Å². The topological polar surface area (TPSA) is 75.3 Å². The van der Waals surface area contributed by atoms with Crippen LogP contribution in [-0.2, 0) is 12.0 Å². The SMILES string of the molecule is CCNC(=NCc1nc(C)no1)NCC1(c2cccc(Cl)c2)CC1.I. The Balaban J connectivity index is 0.00000225. The number of rotatable bonds is 6. The van der Waals surface area contributed by atoms with Crippen LogP contribution in [-0.4, -0.2) is 29.2 Å². The molecule has 2 aromatic rings. The molecule has 1 aliphatic carbocycles. The number of hydrogen-bond acceptors (Lipinski definition) is 4. The van der Waals surface area contributed by atoms with E-state index in [1.807, 2.05) is 19.1 Å². The molecule has 0 atom stereocenters. The molecule has 0 bridgehead atoms. The highest BCUT2D eigenvalue weighted by Crippen LogP contribution is 2.48. The van der Waals surface area contributed by atoms with Gasteiger partial charge in [0.2, 0.25) is 5.89 Å². The Morgan fingerprint density at radius 2 is 2.16 bits per heavy atom. The summed E-state index contributed by atoms with van der Waals surface area (Å²) < 4.78 is 5.09. The molecule has 1 heterocycles. The van der Waals surface area contributed by atoms with Crippen LogP contribution in [0.2, 0.25) is 5.02 Å². The average molecular weight is 476 g/mol. The normalized spacial score (nSPS) is 15.4. The lowest BCUT2D eigenvalue weighted by Crippen LogP contribution is -2.41. The van der Waals surface area contributed by atoms with Crippen LogP contribution >= 0.6 is 35.6 Å². The van der Waals surface area contributed by atoms with Crippen LogP contribution in [0.3, 0.4) is 0 Å². The van der Waals surface area contributed by atoms with Gasteiger partial charge in [0.25, 0.3) is 0 Å². The highest BCUT2D eigenvalue weighted by molar-refractivity contribution is 14.0. The Bertz CT molecular complexity index is 729. The number of nitrogens with zero attached hydrogens (tertiary/aromatic N) is 3. The molecule has 1 aromatic heterocycles. The largest absolute Gasteiger partial charge is 0.357 e. The summed E-state index contributed by atoms with van der Waals surface area (Å²) in [4.78, 5) is 8.68. The molecule has 136 valence electrons. The van der Waals surface area contributed by atoms with Crippen LogP contribution < -0.4 is 10.6 Å². The van der Waals surface area contributed by atoms with Gasteiger partial charge in [-0.3, -0.25) is 0 Å². The van der Waals surface area contributed by atoms with E-state index in [9.17, 15) is 0 Å². The molecule has 0 radical (unpaired) electrons. The number of hydrogen-bond donors (Lipinski definition) is 2. The molecule has 0 saturated heterocycles. The van der Waals surface area contributed by atoms with Gasteiger partial charge in [-0.25, -0.2) is 4.99 Å². The molecule has 0 amide bonds. The molecule has 0 spiro atoms. The van der Waals surface area contributed by atoms with Crippen LogP contribution in [0.15, 0.2) is 33.8 Å². The first-order valence-electron chi connectivity index (χ1n) is 8.19. The molecule has 1 saturated carbocycles. The van der Waals surface area contributed by atoms with Gasteiger partial charge in [0.05, 0.1) is 0 Å². The van der Waals surface area contributed by atoms with Crippen molar-refractivity contribution in [3.8, 4) is 0 Å². The first-order valence-corrected chi connectivity index (χ1v) is 8.56. The van der Waals surface area contributed by atoms with Crippen molar-refractivity contribution in [2.24, 2.45) is 4.99 Å². The van der Waals surface area contributed by atoms with Gasteiger partial charge in [-0.2, -0.15) is 4.98 Å². The van der Waals surface area contributed by atoms with E-state index in [4.69, 9.17) is 16.1 Å². The Labute approximate surface area is 169 Å². The minimum Gasteiger partial charge on any atom is -0.357 e. The predicted octanol–water partition coefficient (Wildman–Crippen LogP) is 3.44. The van der Waals surface area contributed by atoms with E-state index in [2.05, 4.69) is 37.9 Å². The summed E-state index contributed by atoms with van der Waals surface area (Å²) in [7, 11) is 0. The van der Waals surface area contributed by atoms with Crippen molar-refractivity contribution in [1.82, 2.24) is 20.8 Å². The number of aliphatic imine (C=N–C) groups is 1. The fourth-order valence-corrected chi connectivity index (χ4v) is 2.87. The maximum atomic E-state index is 6.13. The monoisotopic (exact) mass is 475 g/mol. The lowest BCUT2D eigenvalue weighted by Gasteiger charge is -2.19. The number of aryl methyl sites for hydroxylation is 1.